The number of rotatable bonds is 5. The number of aromatic nitrogens is 4. The lowest BCUT2D eigenvalue weighted by Gasteiger charge is -2.09. The molecule has 5 rings (SSSR count). The second kappa shape index (κ2) is 7.62. The van der Waals surface area contributed by atoms with Gasteiger partial charge in [0.05, 0.1) is 17.4 Å². The average molecular weight is 435 g/mol. The van der Waals surface area contributed by atoms with Crippen LogP contribution in [0.4, 0.5) is 0 Å². The lowest BCUT2D eigenvalue weighted by atomic mass is 10.1. The van der Waals surface area contributed by atoms with Gasteiger partial charge in [0.15, 0.2) is 5.16 Å². The van der Waals surface area contributed by atoms with E-state index in [4.69, 9.17) is 4.42 Å². The van der Waals surface area contributed by atoms with Gasteiger partial charge in [-0.15, -0.1) is 11.3 Å². The van der Waals surface area contributed by atoms with Crippen molar-refractivity contribution in [3.05, 3.63) is 81.7 Å². The van der Waals surface area contributed by atoms with E-state index >= 15 is 0 Å². The lowest BCUT2D eigenvalue weighted by Crippen LogP contribution is -2.10. The molecule has 5 aromatic rings. The third-order valence-electron chi connectivity index (χ3n) is 4.99. The summed E-state index contributed by atoms with van der Waals surface area (Å²) in [6.07, 6.45) is 5.33. The van der Waals surface area contributed by atoms with Crippen LogP contribution in [0.5, 0.6) is 0 Å². The van der Waals surface area contributed by atoms with E-state index < -0.39 is 0 Å². The molecule has 0 atom stereocenters. The zero-order chi connectivity index (χ0) is 20.7. The van der Waals surface area contributed by atoms with Crippen LogP contribution in [-0.2, 0) is 5.75 Å². The molecular weight excluding hydrogens is 416 g/mol. The first-order valence-corrected chi connectivity index (χ1v) is 11.2. The van der Waals surface area contributed by atoms with Crippen molar-refractivity contribution >= 4 is 33.3 Å². The zero-order valence-corrected chi connectivity index (χ0v) is 18.0. The molecular formula is C22H18N4O2S2. The molecule has 0 radical (unpaired) electrons. The van der Waals surface area contributed by atoms with Crippen LogP contribution in [0.1, 0.15) is 17.0 Å². The average Bonchev–Trinajstić information content (AvgIpc) is 3.48. The van der Waals surface area contributed by atoms with Gasteiger partial charge in [0.1, 0.15) is 16.4 Å². The highest BCUT2D eigenvalue weighted by Crippen LogP contribution is 2.31. The van der Waals surface area contributed by atoms with Gasteiger partial charge in [-0.3, -0.25) is 9.36 Å². The summed E-state index contributed by atoms with van der Waals surface area (Å²) < 4.78 is 7.50. The number of H-pyrrole nitrogens is 1. The van der Waals surface area contributed by atoms with E-state index in [1.54, 1.807) is 12.5 Å². The second-order valence-corrected chi connectivity index (χ2v) is 8.76. The summed E-state index contributed by atoms with van der Waals surface area (Å²) in [5.74, 6) is 1.81. The van der Waals surface area contributed by atoms with Gasteiger partial charge in [0.2, 0.25) is 0 Å². The molecule has 0 spiro atoms. The van der Waals surface area contributed by atoms with Crippen molar-refractivity contribution in [2.75, 3.05) is 0 Å². The first-order chi connectivity index (χ1) is 14.6. The zero-order valence-electron chi connectivity index (χ0n) is 16.4. The fraction of sp³-hybridized carbons (Fsp3) is 0.136. The van der Waals surface area contributed by atoms with Crippen LogP contribution in [0.2, 0.25) is 0 Å². The van der Waals surface area contributed by atoms with Gasteiger partial charge in [-0.2, -0.15) is 0 Å². The molecule has 0 fully saturated rings. The molecule has 0 aliphatic carbocycles. The summed E-state index contributed by atoms with van der Waals surface area (Å²) in [7, 11) is 0. The van der Waals surface area contributed by atoms with E-state index in [1.807, 2.05) is 28.3 Å². The summed E-state index contributed by atoms with van der Waals surface area (Å²) >= 11 is 2.98. The van der Waals surface area contributed by atoms with Crippen molar-refractivity contribution in [2.24, 2.45) is 0 Å². The summed E-state index contributed by atoms with van der Waals surface area (Å²) in [6.45, 7) is 4.20. The number of thiophene rings is 1. The third-order valence-corrected chi connectivity index (χ3v) is 6.84. The highest BCUT2D eigenvalue weighted by Gasteiger charge is 2.15. The molecule has 0 bridgehead atoms. The highest BCUT2D eigenvalue weighted by atomic mass is 32.2. The Morgan fingerprint density at radius 2 is 2.13 bits per heavy atom. The molecule has 6 nitrogen and oxygen atoms in total. The molecule has 4 heterocycles. The summed E-state index contributed by atoms with van der Waals surface area (Å²) in [4.78, 5) is 25.5. The van der Waals surface area contributed by atoms with E-state index in [2.05, 4.69) is 47.0 Å². The molecule has 30 heavy (non-hydrogen) atoms. The number of hydrogen-bond acceptors (Lipinski definition) is 6. The number of nitrogens with one attached hydrogen (secondary N) is 1. The van der Waals surface area contributed by atoms with E-state index in [0.717, 1.165) is 16.4 Å². The number of nitrogens with zero attached hydrogens (tertiary/aromatic N) is 3. The number of aromatic amines is 1. The maximum absolute atomic E-state index is 12.7. The SMILES string of the molecule is Cc1ccc(-n2ccnc2SCc2nc3scc(-c4ccco4)c3c(=O)[nH]2)cc1C. The van der Waals surface area contributed by atoms with Crippen LogP contribution in [0.3, 0.4) is 0 Å². The van der Waals surface area contributed by atoms with E-state index in [-0.39, 0.29) is 5.56 Å². The maximum atomic E-state index is 12.7. The van der Waals surface area contributed by atoms with Crippen LogP contribution >= 0.6 is 23.1 Å². The molecule has 0 aliphatic heterocycles. The predicted molar refractivity (Wildman–Crippen MR) is 121 cm³/mol. The van der Waals surface area contributed by atoms with Gasteiger partial charge in [-0.05, 0) is 49.2 Å². The van der Waals surface area contributed by atoms with Gasteiger partial charge in [-0.1, -0.05) is 17.8 Å². The fourth-order valence-electron chi connectivity index (χ4n) is 3.28. The maximum Gasteiger partial charge on any atom is 0.260 e. The molecule has 0 saturated carbocycles. The number of benzene rings is 1. The first-order valence-electron chi connectivity index (χ1n) is 9.38. The van der Waals surface area contributed by atoms with Crippen molar-refractivity contribution in [3.8, 4) is 17.0 Å². The molecule has 8 heteroatoms. The van der Waals surface area contributed by atoms with Crippen LogP contribution in [0.15, 0.2) is 68.7 Å². The Kier molecular flexibility index (Phi) is 4.80. The van der Waals surface area contributed by atoms with Crippen LogP contribution < -0.4 is 5.56 Å². The standard InChI is InChI=1S/C22H18N4O2S2/c1-13-5-6-15(10-14(13)2)26-8-7-23-22(26)30-12-18-24-20(27)19-16(11-29-21(19)25-18)17-4-3-9-28-17/h3-11H,12H2,1-2H3,(H,24,25,27). The number of furan rings is 1. The third kappa shape index (κ3) is 3.38. The summed E-state index contributed by atoms with van der Waals surface area (Å²) in [5, 5.41) is 3.33. The lowest BCUT2D eigenvalue weighted by molar-refractivity contribution is 0.583. The van der Waals surface area contributed by atoms with Gasteiger partial charge in [0, 0.05) is 29.0 Å². The number of imidazole rings is 1. The van der Waals surface area contributed by atoms with E-state index in [9.17, 15) is 4.79 Å². The predicted octanol–water partition coefficient (Wildman–Crippen LogP) is 5.34. The molecule has 0 aliphatic rings. The van der Waals surface area contributed by atoms with Gasteiger partial charge < -0.3 is 9.40 Å². The summed E-state index contributed by atoms with van der Waals surface area (Å²) in [6, 6.07) is 10.00. The molecule has 1 N–H and O–H groups in total. The molecule has 1 aromatic carbocycles. The van der Waals surface area contributed by atoms with Gasteiger partial charge in [-0.25, -0.2) is 9.97 Å². The first kappa shape index (κ1) is 18.9. The van der Waals surface area contributed by atoms with Crippen molar-refractivity contribution in [3.63, 3.8) is 0 Å². The fourth-order valence-corrected chi connectivity index (χ4v) is 5.07. The Morgan fingerprint density at radius 3 is 2.93 bits per heavy atom. The Bertz CT molecular complexity index is 1400. The monoisotopic (exact) mass is 434 g/mol. The van der Waals surface area contributed by atoms with Crippen molar-refractivity contribution < 1.29 is 4.42 Å². The normalized spacial score (nSPS) is 11.4. The smallest absolute Gasteiger partial charge is 0.260 e. The number of fused-ring (bicyclic) bond motifs is 1. The van der Waals surface area contributed by atoms with Crippen LogP contribution in [-0.4, -0.2) is 19.5 Å². The molecule has 4 aromatic heterocycles. The van der Waals surface area contributed by atoms with Crippen LogP contribution in [0.25, 0.3) is 27.2 Å². The number of aryl methyl sites for hydroxylation is 2. The van der Waals surface area contributed by atoms with Crippen molar-refractivity contribution in [1.29, 1.82) is 0 Å². The molecule has 0 unspecified atom stereocenters. The summed E-state index contributed by atoms with van der Waals surface area (Å²) in [5.41, 5.74) is 4.18. The minimum Gasteiger partial charge on any atom is -0.464 e. The molecule has 150 valence electrons. The Morgan fingerprint density at radius 1 is 1.23 bits per heavy atom. The minimum absolute atomic E-state index is 0.152. The van der Waals surface area contributed by atoms with Crippen molar-refractivity contribution in [2.45, 2.75) is 24.8 Å². The van der Waals surface area contributed by atoms with Gasteiger partial charge >= 0.3 is 0 Å². The topological polar surface area (TPSA) is 76.7 Å². The number of hydrogen-bond donors (Lipinski definition) is 1. The van der Waals surface area contributed by atoms with E-state index in [0.29, 0.717) is 27.6 Å². The van der Waals surface area contributed by atoms with Crippen molar-refractivity contribution in [1.82, 2.24) is 19.5 Å². The Hall–Kier alpha value is -3.10. The Balaban J connectivity index is 1.42. The second-order valence-electron chi connectivity index (χ2n) is 6.96. The minimum atomic E-state index is -0.152. The van der Waals surface area contributed by atoms with E-state index in [1.165, 1.54) is 34.2 Å². The Labute approximate surface area is 180 Å². The molecule has 0 amide bonds. The largest absolute Gasteiger partial charge is 0.464 e. The van der Waals surface area contributed by atoms with Gasteiger partial charge in [0.25, 0.3) is 5.56 Å². The molecule has 0 saturated heterocycles. The number of thioether (sulfide) groups is 1. The quantitative estimate of drug-likeness (QED) is 0.378. The highest BCUT2D eigenvalue weighted by molar-refractivity contribution is 7.98. The van der Waals surface area contributed by atoms with Crippen LogP contribution in [0, 0.1) is 13.8 Å².